The summed E-state index contributed by atoms with van der Waals surface area (Å²) in [6.45, 7) is 13.5. The van der Waals surface area contributed by atoms with Crippen molar-refractivity contribution in [1.29, 1.82) is 0 Å². The number of hydrogen-bond donors (Lipinski definition) is 2. The van der Waals surface area contributed by atoms with Gasteiger partial charge < -0.3 is 15.2 Å². The zero-order chi connectivity index (χ0) is 24.4. The van der Waals surface area contributed by atoms with Crippen LogP contribution in [0.2, 0.25) is 0 Å². The Morgan fingerprint density at radius 1 is 0.943 bits per heavy atom. The Balaban J connectivity index is 1.12. The van der Waals surface area contributed by atoms with Gasteiger partial charge in [-0.25, -0.2) is 8.78 Å². The minimum absolute atomic E-state index is 0.574. The van der Waals surface area contributed by atoms with E-state index in [0.29, 0.717) is 23.0 Å². The van der Waals surface area contributed by atoms with E-state index in [0.717, 1.165) is 50.3 Å². The highest BCUT2D eigenvalue weighted by Crippen LogP contribution is 2.29. The normalized spacial score (nSPS) is 18.7. The van der Waals surface area contributed by atoms with Gasteiger partial charge in [0.05, 0.1) is 0 Å². The minimum Gasteiger partial charge on any atom is -0.371 e. The summed E-state index contributed by atoms with van der Waals surface area (Å²) in [7, 11) is 0. The summed E-state index contributed by atoms with van der Waals surface area (Å²) in [5.74, 6) is -1.65. The second kappa shape index (κ2) is 10.6. The van der Waals surface area contributed by atoms with Gasteiger partial charge in [-0.2, -0.15) is 0 Å². The highest BCUT2D eigenvalue weighted by atomic mass is 19.2. The largest absolute Gasteiger partial charge is 0.371 e. The van der Waals surface area contributed by atoms with Crippen molar-refractivity contribution in [2.45, 2.75) is 38.8 Å². The molecule has 2 N–H and O–H groups in total. The fourth-order valence-corrected chi connectivity index (χ4v) is 5.42. The maximum Gasteiger partial charge on any atom is 0.160 e. The van der Waals surface area contributed by atoms with Crippen LogP contribution >= 0.6 is 0 Å². The van der Waals surface area contributed by atoms with Crippen LogP contribution in [0.3, 0.4) is 0 Å². The molecule has 7 heteroatoms. The Morgan fingerprint density at radius 3 is 2.43 bits per heavy atom. The second-order valence-corrected chi connectivity index (χ2v) is 10.3. The summed E-state index contributed by atoms with van der Waals surface area (Å²) in [4.78, 5) is 10.8. The van der Waals surface area contributed by atoms with Crippen LogP contribution in [0.5, 0.6) is 0 Å². The van der Waals surface area contributed by atoms with E-state index >= 15 is 0 Å². The Hall–Kier alpha value is -2.48. The molecule has 2 saturated heterocycles. The van der Waals surface area contributed by atoms with Crippen molar-refractivity contribution in [1.82, 2.24) is 20.1 Å². The minimum atomic E-state index is -0.829. The summed E-state index contributed by atoms with van der Waals surface area (Å²) in [6, 6.07) is 14.0. The molecule has 2 fully saturated rings. The molecule has 0 saturated carbocycles. The first-order chi connectivity index (χ1) is 17.0. The molecule has 35 heavy (non-hydrogen) atoms. The SMILES string of the molecule is CC(C)N1CCN(CCNC2CCN(c3cccc(-c4cc5cc(F)c(F)cc5[nH]4)c3)CC2)CC1. The van der Waals surface area contributed by atoms with E-state index in [1.807, 2.05) is 12.1 Å². The first kappa shape index (κ1) is 24.2. The molecule has 0 unspecified atom stereocenters. The summed E-state index contributed by atoms with van der Waals surface area (Å²) in [6.07, 6.45) is 2.27. The molecule has 1 aromatic heterocycles. The molecule has 5 nitrogen and oxygen atoms in total. The molecule has 3 heterocycles. The monoisotopic (exact) mass is 481 g/mol. The van der Waals surface area contributed by atoms with E-state index in [2.05, 4.69) is 57.0 Å². The Morgan fingerprint density at radius 2 is 1.69 bits per heavy atom. The maximum absolute atomic E-state index is 13.6. The smallest absolute Gasteiger partial charge is 0.160 e. The molecule has 2 aliphatic heterocycles. The Labute approximate surface area is 207 Å². The van der Waals surface area contributed by atoms with Gasteiger partial charge in [-0.1, -0.05) is 12.1 Å². The van der Waals surface area contributed by atoms with Crippen molar-refractivity contribution in [3.8, 4) is 11.3 Å². The molecule has 0 radical (unpaired) electrons. The van der Waals surface area contributed by atoms with Crippen LogP contribution in [0, 0.1) is 11.6 Å². The van der Waals surface area contributed by atoms with Crippen LogP contribution in [0.25, 0.3) is 22.2 Å². The van der Waals surface area contributed by atoms with E-state index in [9.17, 15) is 8.78 Å². The molecule has 3 aromatic rings. The summed E-state index contributed by atoms with van der Waals surface area (Å²) in [5.41, 5.74) is 3.70. The van der Waals surface area contributed by atoms with Gasteiger partial charge in [0.15, 0.2) is 11.6 Å². The van der Waals surface area contributed by atoms with E-state index in [1.165, 1.54) is 44.0 Å². The average Bonchev–Trinajstić information content (AvgIpc) is 3.28. The number of nitrogens with zero attached hydrogens (tertiary/aromatic N) is 3. The third-order valence-electron chi connectivity index (χ3n) is 7.68. The fraction of sp³-hybridized carbons (Fsp3) is 0.500. The molecular formula is C28H37F2N5. The standard InChI is InChI=1S/C28H37F2N5/c1-20(2)34-14-12-33(13-15-34)11-8-31-23-6-9-35(10-7-23)24-5-3-4-21(16-24)27-18-22-17-25(29)26(30)19-28(22)32-27/h3-5,16-20,23,31-32H,6-15H2,1-2H3. The lowest BCUT2D eigenvalue weighted by atomic mass is 10.0. The number of H-pyrrole nitrogens is 1. The van der Waals surface area contributed by atoms with Crippen LogP contribution in [0.1, 0.15) is 26.7 Å². The molecular weight excluding hydrogens is 444 g/mol. The lowest BCUT2D eigenvalue weighted by Gasteiger charge is -2.37. The van der Waals surface area contributed by atoms with Crippen molar-refractivity contribution < 1.29 is 8.78 Å². The van der Waals surface area contributed by atoms with Gasteiger partial charge in [-0.3, -0.25) is 9.80 Å². The Kier molecular flexibility index (Phi) is 7.37. The number of piperazine rings is 1. The van der Waals surface area contributed by atoms with Crippen LogP contribution in [-0.2, 0) is 0 Å². The Bertz CT molecular complexity index is 1090. The third-order valence-corrected chi connectivity index (χ3v) is 7.68. The zero-order valence-electron chi connectivity index (χ0n) is 20.9. The number of anilines is 1. The average molecular weight is 482 g/mol. The van der Waals surface area contributed by atoms with Crippen LogP contribution in [0.4, 0.5) is 14.5 Å². The predicted molar refractivity (Wildman–Crippen MR) is 140 cm³/mol. The van der Waals surface area contributed by atoms with E-state index in [-0.39, 0.29) is 0 Å². The molecule has 2 aromatic carbocycles. The van der Waals surface area contributed by atoms with Gasteiger partial charge in [-0.05, 0) is 56.5 Å². The summed E-state index contributed by atoms with van der Waals surface area (Å²) >= 11 is 0. The van der Waals surface area contributed by atoms with Crippen molar-refractivity contribution in [2.24, 2.45) is 0 Å². The van der Waals surface area contributed by atoms with Gasteiger partial charge >= 0.3 is 0 Å². The van der Waals surface area contributed by atoms with Gasteiger partial charge in [0, 0.05) is 92.8 Å². The fourth-order valence-electron chi connectivity index (χ4n) is 5.42. The number of piperidine rings is 1. The lowest BCUT2D eigenvalue weighted by Crippen LogP contribution is -2.51. The number of benzene rings is 2. The maximum atomic E-state index is 13.6. The number of hydrogen-bond acceptors (Lipinski definition) is 4. The van der Waals surface area contributed by atoms with Crippen molar-refractivity contribution in [3.05, 3.63) is 54.1 Å². The first-order valence-corrected chi connectivity index (χ1v) is 13.0. The van der Waals surface area contributed by atoms with Crippen LogP contribution in [-0.4, -0.2) is 79.2 Å². The number of aromatic nitrogens is 1. The van der Waals surface area contributed by atoms with Gasteiger partial charge in [0.1, 0.15) is 0 Å². The molecule has 0 spiro atoms. The summed E-state index contributed by atoms with van der Waals surface area (Å²) in [5, 5.41) is 4.47. The van der Waals surface area contributed by atoms with Crippen molar-refractivity contribution in [3.63, 3.8) is 0 Å². The lowest BCUT2D eigenvalue weighted by molar-refractivity contribution is 0.108. The quantitative estimate of drug-likeness (QED) is 0.513. The highest BCUT2D eigenvalue weighted by molar-refractivity contribution is 5.86. The van der Waals surface area contributed by atoms with Gasteiger partial charge in [0.25, 0.3) is 0 Å². The van der Waals surface area contributed by atoms with Gasteiger partial charge in [0.2, 0.25) is 0 Å². The molecule has 0 aliphatic carbocycles. The van der Waals surface area contributed by atoms with E-state index < -0.39 is 11.6 Å². The molecule has 5 rings (SSSR count). The number of halogens is 2. The molecule has 0 atom stereocenters. The molecule has 2 aliphatic rings. The van der Waals surface area contributed by atoms with Gasteiger partial charge in [-0.15, -0.1) is 0 Å². The topological polar surface area (TPSA) is 37.5 Å². The van der Waals surface area contributed by atoms with E-state index in [4.69, 9.17) is 0 Å². The number of aromatic amines is 1. The number of fused-ring (bicyclic) bond motifs is 1. The number of rotatable bonds is 7. The second-order valence-electron chi connectivity index (χ2n) is 10.3. The third kappa shape index (κ3) is 5.68. The van der Waals surface area contributed by atoms with Crippen LogP contribution < -0.4 is 10.2 Å². The first-order valence-electron chi connectivity index (χ1n) is 13.0. The highest BCUT2D eigenvalue weighted by Gasteiger charge is 2.21. The van der Waals surface area contributed by atoms with Crippen molar-refractivity contribution >= 4 is 16.6 Å². The van der Waals surface area contributed by atoms with E-state index in [1.54, 1.807) is 0 Å². The zero-order valence-corrected chi connectivity index (χ0v) is 20.9. The number of nitrogens with one attached hydrogen (secondary N) is 2. The molecule has 188 valence electrons. The van der Waals surface area contributed by atoms with Crippen molar-refractivity contribution in [2.75, 3.05) is 57.3 Å². The molecule has 0 bridgehead atoms. The summed E-state index contributed by atoms with van der Waals surface area (Å²) < 4.78 is 27.2. The predicted octanol–water partition coefficient (Wildman–Crippen LogP) is 4.70. The van der Waals surface area contributed by atoms with Crippen LogP contribution in [0.15, 0.2) is 42.5 Å². The molecule has 0 amide bonds.